The molecule has 0 saturated heterocycles. The maximum Gasteiger partial charge on any atom is 0.419 e. The molecule has 0 aliphatic heterocycles. The van der Waals surface area contributed by atoms with Gasteiger partial charge >= 0.3 is 12.4 Å². The molecule has 0 bridgehead atoms. The van der Waals surface area contributed by atoms with E-state index in [4.69, 9.17) is 23.2 Å². The number of rotatable bonds is 4. The summed E-state index contributed by atoms with van der Waals surface area (Å²) in [5.74, 6) is 0. The summed E-state index contributed by atoms with van der Waals surface area (Å²) >= 11 is 11.2. The number of non-ortho nitro benzene ring substituents is 1. The monoisotopic (exact) mass is 477 g/mol. The van der Waals surface area contributed by atoms with Crippen LogP contribution in [0.4, 0.5) is 49.1 Å². The largest absolute Gasteiger partial charge is 0.419 e. The smallest absolute Gasteiger partial charge is 0.337 e. The van der Waals surface area contributed by atoms with Gasteiger partial charge in [0.2, 0.25) is 0 Å². The van der Waals surface area contributed by atoms with Crippen LogP contribution in [0.15, 0.2) is 24.3 Å². The van der Waals surface area contributed by atoms with Gasteiger partial charge in [-0.1, -0.05) is 23.2 Å². The van der Waals surface area contributed by atoms with Crippen molar-refractivity contribution in [1.29, 1.82) is 0 Å². The molecule has 0 heterocycles. The van der Waals surface area contributed by atoms with Crippen molar-refractivity contribution in [3.8, 4) is 0 Å². The Morgan fingerprint density at radius 1 is 0.933 bits per heavy atom. The number of hydrogen-bond acceptors (Lipinski definition) is 5. The fraction of sp³-hybridized carbons (Fsp3) is 0.200. The Hall–Kier alpha value is -2.80. The molecule has 0 amide bonds. The zero-order valence-corrected chi connectivity index (χ0v) is 15.8. The van der Waals surface area contributed by atoms with Crippen LogP contribution >= 0.6 is 23.2 Å². The Labute approximate surface area is 172 Å². The average Bonchev–Trinajstić information content (AvgIpc) is 2.58. The lowest BCUT2D eigenvalue weighted by Gasteiger charge is -2.25. The lowest BCUT2D eigenvalue weighted by molar-refractivity contribution is -0.394. The Balaban J connectivity index is 2.91. The van der Waals surface area contributed by atoms with Gasteiger partial charge in [0.1, 0.15) is 5.69 Å². The predicted molar refractivity (Wildman–Crippen MR) is 94.3 cm³/mol. The Kier molecular flexibility index (Phi) is 6.10. The fourth-order valence-electron chi connectivity index (χ4n) is 2.60. The summed E-state index contributed by atoms with van der Waals surface area (Å²) in [7, 11) is 0.790. The van der Waals surface area contributed by atoms with E-state index in [1.54, 1.807) is 0 Å². The normalized spacial score (nSPS) is 12.0. The number of nitrogens with zero attached hydrogens (tertiary/aromatic N) is 3. The number of benzene rings is 2. The van der Waals surface area contributed by atoms with E-state index in [0.717, 1.165) is 13.1 Å². The van der Waals surface area contributed by atoms with E-state index in [1.807, 2.05) is 0 Å². The second-order valence-electron chi connectivity index (χ2n) is 5.69. The number of alkyl halides is 6. The number of nitro benzene ring substituents is 2. The predicted octanol–water partition coefficient (Wildman–Crippen LogP) is 6.62. The second kappa shape index (κ2) is 7.80. The van der Waals surface area contributed by atoms with E-state index < -0.39 is 66.1 Å². The van der Waals surface area contributed by atoms with Gasteiger partial charge in [-0.3, -0.25) is 20.2 Å². The Morgan fingerprint density at radius 3 is 1.93 bits per heavy atom. The minimum Gasteiger partial charge on any atom is -0.337 e. The van der Waals surface area contributed by atoms with E-state index in [-0.39, 0.29) is 12.1 Å². The molecule has 15 heteroatoms. The number of hydrogen-bond donors (Lipinski definition) is 0. The van der Waals surface area contributed by atoms with Gasteiger partial charge in [0, 0.05) is 13.1 Å². The molecule has 0 fully saturated rings. The van der Waals surface area contributed by atoms with Crippen molar-refractivity contribution in [1.82, 2.24) is 0 Å². The van der Waals surface area contributed by atoms with Gasteiger partial charge < -0.3 is 4.90 Å². The minimum absolute atomic E-state index is 0.0350. The highest BCUT2D eigenvalue weighted by molar-refractivity contribution is 6.38. The van der Waals surface area contributed by atoms with Gasteiger partial charge in [-0.15, -0.1) is 0 Å². The molecule has 7 nitrogen and oxygen atoms in total. The van der Waals surface area contributed by atoms with Crippen molar-refractivity contribution in [3.63, 3.8) is 0 Å². The average molecular weight is 478 g/mol. The van der Waals surface area contributed by atoms with Crippen molar-refractivity contribution in [2.75, 3.05) is 11.9 Å². The third-order valence-corrected chi connectivity index (χ3v) is 4.54. The van der Waals surface area contributed by atoms with Crippen LogP contribution in [0.25, 0.3) is 0 Å². The fourth-order valence-corrected chi connectivity index (χ4v) is 3.31. The molecule has 0 spiro atoms. The molecule has 0 N–H and O–H groups in total. The van der Waals surface area contributed by atoms with Gasteiger partial charge in [-0.25, -0.2) is 0 Å². The first-order valence-corrected chi connectivity index (χ1v) is 8.16. The first kappa shape index (κ1) is 23.5. The van der Waals surface area contributed by atoms with Crippen LogP contribution in [0.3, 0.4) is 0 Å². The first-order valence-electron chi connectivity index (χ1n) is 7.40. The van der Waals surface area contributed by atoms with Crippen LogP contribution in [0.5, 0.6) is 0 Å². The molecular weight excluding hydrogens is 471 g/mol. The summed E-state index contributed by atoms with van der Waals surface area (Å²) in [6.45, 7) is 0. The second-order valence-corrected chi connectivity index (χ2v) is 6.47. The maximum absolute atomic E-state index is 13.5. The highest BCUT2D eigenvalue weighted by Crippen LogP contribution is 2.49. The maximum atomic E-state index is 13.5. The third kappa shape index (κ3) is 4.36. The van der Waals surface area contributed by atoms with E-state index in [1.165, 1.54) is 0 Å². The van der Waals surface area contributed by atoms with Crippen molar-refractivity contribution < 1.29 is 36.2 Å². The topological polar surface area (TPSA) is 89.5 Å². The van der Waals surface area contributed by atoms with Crippen LogP contribution in [0.1, 0.15) is 11.1 Å². The van der Waals surface area contributed by atoms with Gasteiger partial charge in [0.25, 0.3) is 11.4 Å². The zero-order valence-electron chi connectivity index (χ0n) is 14.3. The number of nitro groups is 2. The van der Waals surface area contributed by atoms with Crippen molar-refractivity contribution in [2.45, 2.75) is 12.4 Å². The lowest BCUT2D eigenvalue weighted by atomic mass is 10.1. The lowest BCUT2D eigenvalue weighted by Crippen LogP contribution is -2.20. The quantitative estimate of drug-likeness (QED) is 0.280. The molecule has 30 heavy (non-hydrogen) atoms. The summed E-state index contributed by atoms with van der Waals surface area (Å²) in [6.07, 6.45) is -10.4. The molecule has 0 aliphatic rings. The molecule has 162 valence electrons. The molecule has 2 rings (SSSR count). The van der Waals surface area contributed by atoms with Gasteiger partial charge in [-0.05, 0) is 12.1 Å². The van der Waals surface area contributed by atoms with Gasteiger partial charge in [-0.2, -0.15) is 26.3 Å². The molecule has 0 atom stereocenters. The van der Waals surface area contributed by atoms with Gasteiger partial charge in [0.05, 0.1) is 42.8 Å². The van der Waals surface area contributed by atoms with Crippen molar-refractivity contribution in [3.05, 3.63) is 65.7 Å². The van der Waals surface area contributed by atoms with E-state index >= 15 is 0 Å². The Morgan fingerprint density at radius 2 is 1.50 bits per heavy atom. The SMILES string of the molecule is CN(c1ccc(Cl)c(C(F)(F)F)c1Cl)c1c([N+](=O)[O-])cc([N+](=O)[O-])cc1C(F)(F)F. The Bertz CT molecular complexity index is 1040. The standard InChI is InChI=1S/C15H7Cl2F6N3O4/c1-24(9-3-2-8(16)11(12(9)17)15(21,22)23)13-7(14(18,19)20)4-6(25(27)28)5-10(13)26(29)30/h2-5H,1H3. The van der Waals surface area contributed by atoms with Crippen LogP contribution in [-0.4, -0.2) is 16.9 Å². The molecule has 0 radical (unpaired) electrons. The van der Waals surface area contributed by atoms with Crippen LogP contribution in [-0.2, 0) is 12.4 Å². The highest BCUT2D eigenvalue weighted by Gasteiger charge is 2.42. The molecule has 0 saturated carbocycles. The van der Waals surface area contributed by atoms with Crippen molar-refractivity contribution >= 4 is 46.0 Å². The summed E-state index contributed by atoms with van der Waals surface area (Å²) in [6, 6.07) is 1.82. The van der Waals surface area contributed by atoms with Gasteiger partial charge in [0.15, 0.2) is 0 Å². The van der Waals surface area contributed by atoms with E-state index in [0.29, 0.717) is 11.0 Å². The molecule has 2 aromatic rings. The van der Waals surface area contributed by atoms with E-state index in [9.17, 15) is 46.6 Å². The highest BCUT2D eigenvalue weighted by atomic mass is 35.5. The molecular formula is C15H7Cl2F6N3O4. The summed E-state index contributed by atoms with van der Waals surface area (Å²) < 4.78 is 80.3. The third-order valence-electron chi connectivity index (χ3n) is 3.84. The molecule has 0 unspecified atom stereocenters. The van der Waals surface area contributed by atoms with E-state index in [2.05, 4.69) is 0 Å². The molecule has 2 aromatic carbocycles. The van der Waals surface area contributed by atoms with Crippen LogP contribution in [0.2, 0.25) is 10.0 Å². The first-order chi connectivity index (χ1) is 13.6. The van der Waals surface area contributed by atoms with Crippen LogP contribution in [0, 0.1) is 20.2 Å². The molecule has 0 aromatic heterocycles. The summed E-state index contributed by atoms with van der Waals surface area (Å²) in [4.78, 5) is 20.0. The summed E-state index contributed by atoms with van der Waals surface area (Å²) in [5.41, 5.74) is -7.91. The summed E-state index contributed by atoms with van der Waals surface area (Å²) in [5, 5.41) is 20.3. The number of anilines is 2. The minimum atomic E-state index is -5.33. The zero-order chi connectivity index (χ0) is 23.2. The van der Waals surface area contributed by atoms with Crippen LogP contribution < -0.4 is 4.90 Å². The molecule has 0 aliphatic carbocycles. The number of halogens is 8. The van der Waals surface area contributed by atoms with Crippen molar-refractivity contribution in [2.24, 2.45) is 0 Å².